The number of carbonyl (C=O) groups is 1. The summed E-state index contributed by atoms with van der Waals surface area (Å²) in [7, 11) is 0. The summed E-state index contributed by atoms with van der Waals surface area (Å²) < 4.78 is 2.19. The van der Waals surface area contributed by atoms with Crippen molar-refractivity contribution >= 4 is 29.3 Å². The molecule has 1 saturated heterocycles. The SMILES string of the molecule is CCc1ccc(-n2c(C)cc(/C=C3/NC(=S)NC3=O)c2C)cc1. The Bertz CT molecular complexity index is 816. The van der Waals surface area contributed by atoms with Crippen LogP contribution in [0, 0.1) is 13.8 Å². The van der Waals surface area contributed by atoms with Gasteiger partial charge in [0.25, 0.3) is 5.91 Å². The number of aryl methyl sites for hydroxylation is 2. The fourth-order valence-electron chi connectivity index (χ4n) is 2.85. The molecular formula is C18H19N3OS. The van der Waals surface area contributed by atoms with Gasteiger partial charge >= 0.3 is 0 Å². The molecule has 1 aromatic carbocycles. The molecule has 2 aromatic rings. The predicted octanol–water partition coefficient (Wildman–Crippen LogP) is 3.00. The van der Waals surface area contributed by atoms with Crippen molar-refractivity contribution in [2.45, 2.75) is 27.2 Å². The molecule has 0 spiro atoms. The zero-order valence-electron chi connectivity index (χ0n) is 13.4. The van der Waals surface area contributed by atoms with Crippen LogP contribution >= 0.6 is 12.2 Å². The Morgan fingerprint density at radius 3 is 2.43 bits per heavy atom. The van der Waals surface area contributed by atoms with Gasteiger partial charge in [-0.15, -0.1) is 0 Å². The van der Waals surface area contributed by atoms with E-state index in [0.29, 0.717) is 10.8 Å². The molecule has 0 saturated carbocycles. The number of thiocarbonyl (C=S) groups is 1. The molecule has 0 atom stereocenters. The van der Waals surface area contributed by atoms with Gasteiger partial charge in [0.2, 0.25) is 0 Å². The minimum absolute atomic E-state index is 0.188. The smallest absolute Gasteiger partial charge is 0.273 e. The Balaban J connectivity index is 2.01. The molecule has 3 rings (SSSR count). The van der Waals surface area contributed by atoms with Gasteiger partial charge in [-0.05, 0) is 67.9 Å². The van der Waals surface area contributed by atoms with Crippen molar-refractivity contribution < 1.29 is 4.79 Å². The summed E-state index contributed by atoms with van der Waals surface area (Å²) in [6.45, 7) is 6.27. The minimum Gasteiger partial charge on any atom is -0.328 e. The number of carbonyl (C=O) groups excluding carboxylic acids is 1. The van der Waals surface area contributed by atoms with Crippen molar-refractivity contribution in [3.63, 3.8) is 0 Å². The summed E-state index contributed by atoms with van der Waals surface area (Å²) in [4.78, 5) is 11.8. The maximum absolute atomic E-state index is 11.8. The van der Waals surface area contributed by atoms with Crippen LogP contribution in [0.2, 0.25) is 0 Å². The van der Waals surface area contributed by atoms with Crippen LogP contribution in [-0.2, 0) is 11.2 Å². The van der Waals surface area contributed by atoms with E-state index < -0.39 is 0 Å². The monoisotopic (exact) mass is 325 g/mol. The van der Waals surface area contributed by atoms with E-state index in [-0.39, 0.29) is 5.91 Å². The van der Waals surface area contributed by atoms with E-state index in [1.54, 1.807) is 0 Å². The van der Waals surface area contributed by atoms with E-state index in [4.69, 9.17) is 12.2 Å². The molecule has 1 aromatic heterocycles. The lowest BCUT2D eigenvalue weighted by Crippen LogP contribution is -2.21. The molecule has 4 nitrogen and oxygen atoms in total. The molecule has 0 radical (unpaired) electrons. The number of nitrogens with zero attached hydrogens (tertiary/aromatic N) is 1. The Labute approximate surface area is 141 Å². The molecule has 1 aliphatic heterocycles. The zero-order chi connectivity index (χ0) is 16.6. The van der Waals surface area contributed by atoms with E-state index in [0.717, 1.165) is 29.1 Å². The summed E-state index contributed by atoms with van der Waals surface area (Å²) in [6, 6.07) is 10.6. The van der Waals surface area contributed by atoms with Gasteiger partial charge in [-0.25, -0.2) is 0 Å². The Hall–Kier alpha value is -2.40. The number of nitrogens with one attached hydrogen (secondary N) is 2. The van der Waals surface area contributed by atoms with Crippen molar-refractivity contribution in [1.29, 1.82) is 0 Å². The molecule has 2 heterocycles. The molecule has 0 bridgehead atoms. The molecule has 2 N–H and O–H groups in total. The molecule has 23 heavy (non-hydrogen) atoms. The number of benzene rings is 1. The molecule has 118 valence electrons. The van der Waals surface area contributed by atoms with Crippen LogP contribution in [0.4, 0.5) is 0 Å². The molecule has 1 aliphatic rings. The van der Waals surface area contributed by atoms with Gasteiger partial charge < -0.3 is 9.88 Å². The second kappa shape index (κ2) is 6.01. The van der Waals surface area contributed by atoms with Gasteiger partial charge in [-0.1, -0.05) is 19.1 Å². The zero-order valence-corrected chi connectivity index (χ0v) is 14.3. The first kappa shape index (κ1) is 15.5. The van der Waals surface area contributed by atoms with E-state index in [1.807, 2.05) is 6.08 Å². The molecule has 1 amide bonds. The van der Waals surface area contributed by atoms with E-state index in [2.05, 4.69) is 66.3 Å². The highest BCUT2D eigenvalue weighted by Gasteiger charge is 2.21. The topological polar surface area (TPSA) is 46.1 Å². The second-order valence-electron chi connectivity index (χ2n) is 5.65. The number of hydrogen-bond acceptors (Lipinski definition) is 2. The van der Waals surface area contributed by atoms with Gasteiger partial charge in [0.1, 0.15) is 5.70 Å². The van der Waals surface area contributed by atoms with Crippen LogP contribution < -0.4 is 10.6 Å². The second-order valence-corrected chi connectivity index (χ2v) is 6.06. The third-order valence-corrected chi connectivity index (χ3v) is 4.30. The van der Waals surface area contributed by atoms with Crippen LogP contribution in [0.1, 0.15) is 29.4 Å². The number of hydrogen-bond donors (Lipinski definition) is 2. The quantitative estimate of drug-likeness (QED) is 0.674. The van der Waals surface area contributed by atoms with E-state index >= 15 is 0 Å². The molecule has 0 unspecified atom stereocenters. The molecular weight excluding hydrogens is 306 g/mol. The standard InChI is InChI=1S/C18H19N3OS/c1-4-13-5-7-15(8-6-13)21-11(2)9-14(12(21)3)10-16-17(22)20-18(23)19-16/h5-10H,4H2,1-3H3,(H2,19,20,22,23)/b16-10+. The third-order valence-electron chi connectivity index (χ3n) is 4.09. The van der Waals surface area contributed by atoms with Crippen molar-refractivity contribution in [2.24, 2.45) is 0 Å². The predicted molar refractivity (Wildman–Crippen MR) is 96.5 cm³/mol. The fourth-order valence-corrected chi connectivity index (χ4v) is 3.05. The summed E-state index contributed by atoms with van der Waals surface area (Å²) in [5.41, 5.74) is 6.15. The van der Waals surface area contributed by atoms with Gasteiger partial charge in [0.05, 0.1) is 0 Å². The Morgan fingerprint density at radius 2 is 1.87 bits per heavy atom. The highest BCUT2D eigenvalue weighted by molar-refractivity contribution is 7.80. The lowest BCUT2D eigenvalue weighted by atomic mass is 10.1. The highest BCUT2D eigenvalue weighted by atomic mass is 32.1. The van der Waals surface area contributed by atoms with Crippen LogP contribution in [0.25, 0.3) is 11.8 Å². The van der Waals surface area contributed by atoms with E-state index in [1.165, 1.54) is 5.56 Å². The van der Waals surface area contributed by atoms with Crippen LogP contribution in [0.15, 0.2) is 36.0 Å². The highest BCUT2D eigenvalue weighted by Crippen LogP contribution is 2.23. The van der Waals surface area contributed by atoms with Crippen molar-refractivity contribution in [1.82, 2.24) is 15.2 Å². The summed E-state index contributed by atoms with van der Waals surface area (Å²) in [6.07, 6.45) is 2.87. The lowest BCUT2D eigenvalue weighted by molar-refractivity contribution is -0.115. The fraction of sp³-hybridized carbons (Fsp3) is 0.222. The largest absolute Gasteiger partial charge is 0.328 e. The number of rotatable bonds is 3. The molecule has 5 heteroatoms. The van der Waals surface area contributed by atoms with Gasteiger partial charge in [0, 0.05) is 17.1 Å². The minimum atomic E-state index is -0.188. The van der Waals surface area contributed by atoms with Gasteiger partial charge in [-0.3, -0.25) is 10.1 Å². The first-order valence-corrected chi connectivity index (χ1v) is 8.02. The van der Waals surface area contributed by atoms with Crippen molar-refractivity contribution in [3.8, 4) is 5.69 Å². The van der Waals surface area contributed by atoms with Crippen molar-refractivity contribution in [3.05, 3.63) is 58.5 Å². The first-order valence-electron chi connectivity index (χ1n) is 7.62. The summed E-state index contributed by atoms with van der Waals surface area (Å²) in [5.74, 6) is -0.188. The van der Waals surface area contributed by atoms with Crippen molar-refractivity contribution in [2.75, 3.05) is 0 Å². The summed E-state index contributed by atoms with van der Waals surface area (Å²) >= 11 is 4.96. The average Bonchev–Trinajstić information content (AvgIpc) is 2.99. The normalized spacial score (nSPS) is 15.9. The lowest BCUT2D eigenvalue weighted by Gasteiger charge is -2.10. The Morgan fingerprint density at radius 1 is 1.17 bits per heavy atom. The maximum Gasteiger partial charge on any atom is 0.273 e. The Kier molecular flexibility index (Phi) is 4.05. The first-order chi connectivity index (χ1) is 11.0. The van der Waals surface area contributed by atoms with Gasteiger partial charge in [0.15, 0.2) is 5.11 Å². The number of aromatic nitrogens is 1. The summed E-state index contributed by atoms with van der Waals surface area (Å²) in [5, 5.41) is 5.82. The van der Waals surface area contributed by atoms with E-state index in [9.17, 15) is 4.79 Å². The van der Waals surface area contributed by atoms with Crippen LogP contribution in [-0.4, -0.2) is 15.6 Å². The van der Waals surface area contributed by atoms with Crippen LogP contribution in [0.3, 0.4) is 0 Å². The average molecular weight is 325 g/mol. The third kappa shape index (κ3) is 2.92. The molecule has 0 aliphatic carbocycles. The maximum atomic E-state index is 11.8. The molecule has 1 fully saturated rings. The van der Waals surface area contributed by atoms with Gasteiger partial charge in [-0.2, -0.15) is 0 Å². The number of amides is 1. The van der Waals surface area contributed by atoms with Crippen LogP contribution in [0.5, 0.6) is 0 Å².